The van der Waals surface area contributed by atoms with E-state index >= 15 is 4.39 Å². The number of sulfone groups is 1. The minimum Gasteiger partial charge on any atom is -0.370 e. The summed E-state index contributed by atoms with van der Waals surface area (Å²) >= 11 is 0. The van der Waals surface area contributed by atoms with E-state index in [-0.39, 0.29) is 15.2 Å². The Morgan fingerprint density at radius 2 is 1.66 bits per heavy atom. The molecular weight excluding hydrogens is 427 g/mol. The number of hydrogen-bond donors (Lipinski definition) is 0. The smallest absolute Gasteiger partial charge is 0.211 e. The van der Waals surface area contributed by atoms with Crippen LogP contribution in [0.3, 0.4) is 0 Å². The van der Waals surface area contributed by atoms with E-state index in [9.17, 15) is 13.2 Å². The number of fused-ring (bicyclic) bond motifs is 1. The van der Waals surface area contributed by atoms with Gasteiger partial charge in [0.25, 0.3) is 0 Å². The highest BCUT2D eigenvalue weighted by Gasteiger charge is 2.25. The van der Waals surface area contributed by atoms with E-state index in [1.54, 1.807) is 22.8 Å². The van der Waals surface area contributed by atoms with Crippen molar-refractivity contribution in [1.82, 2.24) is 4.57 Å². The lowest BCUT2D eigenvalue weighted by molar-refractivity contribution is 0.590. The molecule has 0 saturated heterocycles. The molecule has 0 aliphatic heterocycles. The molecule has 3 rings (SSSR count). The first kappa shape index (κ1) is 24.0. The van der Waals surface area contributed by atoms with Gasteiger partial charge in [0.05, 0.1) is 21.5 Å². The Balaban J connectivity index is 2.29. The maximum Gasteiger partial charge on any atom is 0.211 e. The molecule has 0 bridgehead atoms. The van der Waals surface area contributed by atoms with E-state index in [1.807, 2.05) is 32.6 Å². The molecule has 0 unspecified atom stereocenters. The highest BCUT2D eigenvalue weighted by atomic mass is 32.2. The number of pyridine rings is 1. The molecular formula is C25H31FN2O3S. The van der Waals surface area contributed by atoms with Gasteiger partial charge < -0.3 is 9.47 Å². The van der Waals surface area contributed by atoms with Crippen LogP contribution in [0.5, 0.6) is 0 Å². The summed E-state index contributed by atoms with van der Waals surface area (Å²) in [5, 5.41) is 0.0840. The van der Waals surface area contributed by atoms with E-state index < -0.39 is 21.1 Å². The first-order valence-corrected chi connectivity index (χ1v) is 12.7. The zero-order chi connectivity index (χ0) is 23.5. The topological polar surface area (TPSA) is 59.4 Å². The van der Waals surface area contributed by atoms with Gasteiger partial charge in [-0.1, -0.05) is 32.4 Å². The van der Waals surface area contributed by atoms with Crippen LogP contribution in [0.2, 0.25) is 0 Å². The third-order valence-electron chi connectivity index (χ3n) is 5.90. The minimum atomic E-state index is -4.05. The Morgan fingerprint density at radius 1 is 1.00 bits per heavy atom. The van der Waals surface area contributed by atoms with Crippen LogP contribution in [-0.2, 0) is 22.8 Å². The highest BCUT2D eigenvalue weighted by Crippen LogP contribution is 2.27. The number of rotatable bonds is 9. The number of aromatic nitrogens is 1. The first-order chi connectivity index (χ1) is 15.3. The normalized spacial score (nSPS) is 11.8. The zero-order valence-corrected chi connectivity index (χ0v) is 20.0. The maximum atomic E-state index is 15.0. The average Bonchev–Trinajstić information content (AvgIpc) is 2.80. The van der Waals surface area contributed by atoms with Gasteiger partial charge >= 0.3 is 0 Å². The van der Waals surface area contributed by atoms with Crippen molar-refractivity contribution in [3.8, 4) is 0 Å². The monoisotopic (exact) mass is 458 g/mol. The quantitative estimate of drug-likeness (QED) is 0.443. The summed E-state index contributed by atoms with van der Waals surface area (Å²) in [6.45, 7) is 9.69. The van der Waals surface area contributed by atoms with E-state index in [0.29, 0.717) is 30.8 Å². The van der Waals surface area contributed by atoms with Crippen molar-refractivity contribution in [3.63, 3.8) is 0 Å². The number of anilines is 1. The predicted octanol–water partition coefficient (Wildman–Crippen LogP) is 5.18. The Labute approximate surface area is 189 Å². The van der Waals surface area contributed by atoms with Crippen LogP contribution in [0.1, 0.15) is 46.1 Å². The first-order valence-electron chi connectivity index (χ1n) is 11.2. The fourth-order valence-corrected chi connectivity index (χ4v) is 5.28. The maximum absolute atomic E-state index is 15.0. The molecule has 0 spiro atoms. The predicted molar refractivity (Wildman–Crippen MR) is 128 cm³/mol. The van der Waals surface area contributed by atoms with Crippen molar-refractivity contribution in [2.24, 2.45) is 0 Å². The molecule has 0 radical (unpaired) electrons. The molecule has 0 fully saturated rings. The fraction of sp³-hybridized carbons (Fsp3) is 0.400. The molecule has 0 atom stereocenters. The molecule has 1 heterocycles. The number of aryl methyl sites for hydroxylation is 2. The van der Waals surface area contributed by atoms with E-state index in [0.717, 1.165) is 24.8 Å². The molecule has 0 aliphatic rings. The lowest BCUT2D eigenvalue weighted by Gasteiger charge is -2.23. The van der Waals surface area contributed by atoms with Crippen molar-refractivity contribution < 1.29 is 12.8 Å². The second-order valence-electron chi connectivity index (χ2n) is 7.86. The van der Waals surface area contributed by atoms with Crippen LogP contribution in [0.15, 0.2) is 57.2 Å². The van der Waals surface area contributed by atoms with Gasteiger partial charge in [0.15, 0.2) is 0 Å². The summed E-state index contributed by atoms with van der Waals surface area (Å²) in [6, 6.07) is 9.41. The van der Waals surface area contributed by atoms with Crippen LogP contribution < -0.4 is 10.3 Å². The molecule has 2 aromatic carbocycles. The molecule has 5 nitrogen and oxygen atoms in total. The molecule has 1 aromatic heterocycles. The molecule has 0 saturated carbocycles. The van der Waals surface area contributed by atoms with Gasteiger partial charge in [0.1, 0.15) is 10.7 Å². The van der Waals surface area contributed by atoms with Crippen LogP contribution in [0, 0.1) is 5.82 Å². The largest absolute Gasteiger partial charge is 0.370 e. The van der Waals surface area contributed by atoms with Crippen molar-refractivity contribution in [3.05, 3.63) is 64.2 Å². The standard InChI is InChI=1S/C25H31FN2O3S/c1-5-9-14-28-17-24(32(30,31)19-12-10-18(6-2)11-13-19)25(29)20-15-21(26)23(16-22(20)28)27(7-3)8-4/h10-13,15-17H,5-9,14H2,1-4H3. The van der Waals surface area contributed by atoms with Crippen molar-refractivity contribution in [2.45, 2.75) is 63.3 Å². The molecule has 172 valence electrons. The zero-order valence-electron chi connectivity index (χ0n) is 19.2. The summed E-state index contributed by atoms with van der Waals surface area (Å²) in [5.74, 6) is -0.526. The molecule has 32 heavy (non-hydrogen) atoms. The summed E-state index contributed by atoms with van der Waals surface area (Å²) in [6.07, 6.45) is 3.92. The summed E-state index contributed by atoms with van der Waals surface area (Å²) in [5.41, 5.74) is 1.30. The van der Waals surface area contributed by atoms with Crippen LogP contribution >= 0.6 is 0 Å². The third kappa shape index (κ3) is 4.44. The van der Waals surface area contributed by atoms with Gasteiger partial charge in [-0.2, -0.15) is 0 Å². The Kier molecular flexibility index (Phi) is 7.39. The van der Waals surface area contributed by atoms with Gasteiger partial charge in [-0.25, -0.2) is 12.8 Å². The van der Waals surface area contributed by atoms with Crippen LogP contribution in [0.4, 0.5) is 10.1 Å². The highest BCUT2D eigenvalue weighted by molar-refractivity contribution is 7.91. The fourth-order valence-electron chi connectivity index (χ4n) is 3.92. The number of nitrogens with zero attached hydrogens (tertiary/aromatic N) is 2. The lowest BCUT2D eigenvalue weighted by atomic mass is 10.1. The van der Waals surface area contributed by atoms with Gasteiger partial charge in [-0.15, -0.1) is 0 Å². The number of unbranched alkanes of at least 4 members (excludes halogenated alkanes) is 1. The SMILES string of the molecule is CCCCn1cc(S(=O)(=O)c2ccc(CC)cc2)c(=O)c2cc(F)c(N(CC)CC)cc21. The molecule has 0 aliphatic carbocycles. The molecule has 0 amide bonds. The molecule has 0 N–H and O–H groups in total. The molecule has 7 heteroatoms. The molecule has 3 aromatic rings. The second kappa shape index (κ2) is 9.86. The van der Waals surface area contributed by atoms with Crippen LogP contribution in [0.25, 0.3) is 10.9 Å². The van der Waals surface area contributed by atoms with Crippen molar-refractivity contribution >= 4 is 26.4 Å². The Hall–Kier alpha value is -2.67. The summed E-state index contributed by atoms with van der Waals surface area (Å²) in [4.78, 5) is 14.9. The Morgan fingerprint density at radius 3 is 2.22 bits per heavy atom. The van der Waals surface area contributed by atoms with Crippen molar-refractivity contribution in [1.29, 1.82) is 0 Å². The lowest BCUT2D eigenvalue weighted by Crippen LogP contribution is -2.24. The van der Waals surface area contributed by atoms with Crippen molar-refractivity contribution in [2.75, 3.05) is 18.0 Å². The summed E-state index contributed by atoms with van der Waals surface area (Å²) in [7, 11) is -4.05. The van der Waals surface area contributed by atoms with Gasteiger partial charge in [-0.3, -0.25) is 4.79 Å². The van der Waals surface area contributed by atoms with E-state index in [2.05, 4.69) is 0 Å². The van der Waals surface area contributed by atoms with Gasteiger partial charge in [0, 0.05) is 25.8 Å². The number of benzene rings is 2. The van der Waals surface area contributed by atoms with Gasteiger partial charge in [0.2, 0.25) is 15.3 Å². The third-order valence-corrected chi connectivity index (χ3v) is 7.67. The number of halogens is 1. The summed E-state index contributed by atoms with van der Waals surface area (Å²) < 4.78 is 43.5. The number of hydrogen-bond acceptors (Lipinski definition) is 4. The second-order valence-corrected chi connectivity index (χ2v) is 9.78. The van der Waals surface area contributed by atoms with E-state index in [4.69, 9.17) is 0 Å². The Bertz CT molecular complexity index is 1260. The average molecular weight is 459 g/mol. The van der Waals surface area contributed by atoms with Gasteiger partial charge in [-0.05, 0) is 56.5 Å². The minimum absolute atomic E-state index is 0.0634. The van der Waals surface area contributed by atoms with Crippen LogP contribution in [-0.4, -0.2) is 26.1 Å². The van der Waals surface area contributed by atoms with E-state index in [1.165, 1.54) is 24.4 Å².